The van der Waals surface area contributed by atoms with Gasteiger partial charge in [0.25, 0.3) is 0 Å². The van der Waals surface area contributed by atoms with Crippen molar-refractivity contribution in [2.75, 3.05) is 53.0 Å². The van der Waals surface area contributed by atoms with E-state index in [2.05, 4.69) is 15.5 Å². The Balaban J connectivity index is 1.67. The molecule has 5 nitrogen and oxygen atoms in total. The first-order chi connectivity index (χ1) is 10.3. The molecule has 0 radical (unpaired) electrons. The zero-order valence-electron chi connectivity index (χ0n) is 13.5. The van der Waals surface area contributed by atoms with Gasteiger partial charge in [-0.3, -0.25) is 4.79 Å². The van der Waals surface area contributed by atoms with Crippen molar-refractivity contribution in [3.05, 3.63) is 0 Å². The summed E-state index contributed by atoms with van der Waals surface area (Å²) in [5, 5.41) is 6.54. The smallest absolute Gasteiger partial charge is 0.226 e. The van der Waals surface area contributed by atoms with Gasteiger partial charge < -0.3 is 20.3 Å². The Kier molecular flexibility index (Phi) is 6.93. The molecular formula is C16H31N3O2. The summed E-state index contributed by atoms with van der Waals surface area (Å²) in [4.78, 5) is 15.0. The van der Waals surface area contributed by atoms with Gasteiger partial charge in [0.05, 0.1) is 5.41 Å². The number of methoxy groups -OCH3 is 1. The number of carbonyl (C=O) groups is 1. The van der Waals surface area contributed by atoms with E-state index in [0.717, 1.165) is 65.0 Å². The molecule has 1 aliphatic heterocycles. The number of ether oxygens (including phenoxy) is 1. The Morgan fingerprint density at radius 3 is 2.67 bits per heavy atom. The highest BCUT2D eigenvalue weighted by Gasteiger charge is 2.40. The molecule has 1 saturated carbocycles. The second-order valence-corrected chi connectivity index (χ2v) is 6.43. The van der Waals surface area contributed by atoms with Crippen molar-refractivity contribution in [1.82, 2.24) is 15.5 Å². The Hall–Kier alpha value is -0.650. The fraction of sp³-hybridized carbons (Fsp3) is 0.938. The molecule has 1 saturated heterocycles. The number of carbonyl (C=O) groups excluding carboxylic acids is 1. The van der Waals surface area contributed by atoms with Gasteiger partial charge in [0.1, 0.15) is 0 Å². The maximum Gasteiger partial charge on any atom is 0.226 e. The highest BCUT2D eigenvalue weighted by molar-refractivity contribution is 5.82. The largest absolute Gasteiger partial charge is 0.385 e. The fourth-order valence-corrected chi connectivity index (χ4v) is 3.57. The van der Waals surface area contributed by atoms with Gasteiger partial charge in [0, 0.05) is 46.4 Å². The van der Waals surface area contributed by atoms with Crippen LogP contribution in [0, 0.1) is 5.41 Å². The maximum atomic E-state index is 12.5. The van der Waals surface area contributed by atoms with E-state index in [1.54, 1.807) is 7.11 Å². The van der Waals surface area contributed by atoms with Crippen LogP contribution in [0.2, 0.25) is 0 Å². The predicted molar refractivity (Wildman–Crippen MR) is 84.3 cm³/mol. The van der Waals surface area contributed by atoms with Crippen molar-refractivity contribution in [2.45, 2.75) is 38.5 Å². The molecule has 0 aromatic carbocycles. The van der Waals surface area contributed by atoms with Gasteiger partial charge in [0.2, 0.25) is 5.91 Å². The first kappa shape index (κ1) is 16.7. The minimum absolute atomic E-state index is 0.148. The highest BCUT2D eigenvalue weighted by atomic mass is 16.5. The van der Waals surface area contributed by atoms with Crippen LogP contribution >= 0.6 is 0 Å². The molecule has 0 atom stereocenters. The molecule has 2 N–H and O–H groups in total. The fourth-order valence-electron chi connectivity index (χ4n) is 3.57. The average molecular weight is 297 g/mol. The molecule has 0 unspecified atom stereocenters. The molecule has 0 aromatic heterocycles. The van der Waals surface area contributed by atoms with Crippen LogP contribution in [0.1, 0.15) is 38.5 Å². The molecule has 21 heavy (non-hydrogen) atoms. The molecule has 2 rings (SSSR count). The monoisotopic (exact) mass is 297 g/mol. The first-order valence-electron chi connectivity index (χ1n) is 8.47. The third-order valence-electron chi connectivity index (χ3n) is 4.97. The number of amides is 1. The lowest BCUT2D eigenvalue weighted by Crippen LogP contribution is -2.45. The quantitative estimate of drug-likeness (QED) is 0.656. The van der Waals surface area contributed by atoms with E-state index in [9.17, 15) is 4.79 Å². The lowest BCUT2D eigenvalue weighted by molar-refractivity contribution is -0.131. The number of nitrogens with one attached hydrogen (secondary N) is 2. The lowest BCUT2D eigenvalue weighted by Gasteiger charge is -2.29. The lowest BCUT2D eigenvalue weighted by atomic mass is 9.82. The maximum absolute atomic E-state index is 12.5. The Morgan fingerprint density at radius 1 is 1.29 bits per heavy atom. The van der Waals surface area contributed by atoms with Gasteiger partial charge in [-0.15, -0.1) is 0 Å². The van der Waals surface area contributed by atoms with E-state index in [0.29, 0.717) is 6.61 Å². The predicted octanol–water partition coefficient (Wildman–Crippen LogP) is 0.995. The van der Waals surface area contributed by atoms with Crippen molar-refractivity contribution < 1.29 is 9.53 Å². The molecule has 1 amide bonds. The SMILES string of the molecule is COCCC1(C(=O)NCCCN2CCNCC2)CCCC1. The third kappa shape index (κ3) is 4.94. The van der Waals surface area contributed by atoms with Crippen molar-refractivity contribution in [1.29, 1.82) is 0 Å². The van der Waals surface area contributed by atoms with E-state index < -0.39 is 0 Å². The highest BCUT2D eigenvalue weighted by Crippen LogP contribution is 2.41. The first-order valence-corrected chi connectivity index (χ1v) is 8.47. The molecule has 122 valence electrons. The van der Waals surface area contributed by atoms with Gasteiger partial charge in [-0.1, -0.05) is 12.8 Å². The number of piperazine rings is 1. The number of rotatable bonds is 8. The normalized spacial score (nSPS) is 22.3. The second kappa shape index (κ2) is 8.71. The zero-order valence-corrected chi connectivity index (χ0v) is 13.5. The Bertz CT molecular complexity index is 311. The Morgan fingerprint density at radius 2 is 2.00 bits per heavy atom. The molecule has 0 aromatic rings. The van der Waals surface area contributed by atoms with Gasteiger partial charge in [0.15, 0.2) is 0 Å². The second-order valence-electron chi connectivity index (χ2n) is 6.43. The van der Waals surface area contributed by atoms with Crippen molar-refractivity contribution in [3.8, 4) is 0 Å². The minimum atomic E-state index is -0.148. The number of nitrogens with zero attached hydrogens (tertiary/aromatic N) is 1. The van der Waals surface area contributed by atoms with E-state index in [-0.39, 0.29) is 11.3 Å². The molecule has 2 aliphatic rings. The third-order valence-corrected chi connectivity index (χ3v) is 4.97. The van der Waals surface area contributed by atoms with Gasteiger partial charge >= 0.3 is 0 Å². The van der Waals surface area contributed by atoms with E-state index in [1.165, 1.54) is 12.8 Å². The van der Waals surface area contributed by atoms with Gasteiger partial charge in [-0.2, -0.15) is 0 Å². The van der Waals surface area contributed by atoms with Crippen LogP contribution in [-0.4, -0.2) is 63.8 Å². The minimum Gasteiger partial charge on any atom is -0.385 e. The molecule has 0 bridgehead atoms. The van der Waals surface area contributed by atoms with Gasteiger partial charge in [-0.05, 0) is 32.2 Å². The summed E-state index contributed by atoms with van der Waals surface area (Å²) in [6, 6.07) is 0. The molecule has 5 heteroatoms. The molecular weight excluding hydrogens is 266 g/mol. The molecule has 2 fully saturated rings. The summed E-state index contributed by atoms with van der Waals surface area (Å²) in [7, 11) is 1.72. The van der Waals surface area contributed by atoms with Crippen molar-refractivity contribution >= 4 is 5.91 Å². The summed E-state index contributed by atoms with van der Waals surface area (Å²) in [5.74, 6) is 0.261. The number of hydrogen-bond acceptors (Lipinski definition) is 4. The molecule has 1 heterocycles. The summed E-state index contributed by atoms with van der Waals surface area (Å²) >= 11 is 0. The van der Waals surface area contributed by atoms with Crippen LogP contribution < -0.4 is 10.6 Å². The van der Waals surface area contributed by atoms with Crippen LogP contribution in [-0.2, 0) is 9.53 Å². The standard InChI is InChI=1S/C16H31N3O2/c1-21-14-7-16(5-2-3-6-16)15(20)18-8-4-11-19-12-9-17-10-13-19/h17H,2-14H2,1H3,(H,18,20). The van der Waals surface area contributed by atoms with Crippen LogP contribution in [0.5, 0.6) is 0 Å². The molecule has 0 spiro atoms. The number of hydrogen-bond donors (Lipinski definition) is 2. The van der Waals surface area contributed by atoms with Crippen molar-refractivity contribution in [3.63, 3.8) is 0 Å². The van der Waals surface area contributed by atoms with E-state index in [4.69, 9.17) is 4.74 Å². The van der Waals surface area contributed by atoms with Crippen LogP contribution in [0.4, 0.5) is 0 Å². The topological polar surface area (TPSA) is 53.6 Å². The summed E-state index contributed by atoms with van der Waals surface area (Å²) in [6.45, 7) is 7.02. The summed E-state index contributed by atoms with van der Waals surface area (Å²) in [6.07, 6.45) is 6.33. The summed E-state index contributed by atoms with van der Waals surface area (Å²) in [5.41, 5.74) is -0.148. The van der Waals surface area contributed by atoms with Crippen molar-refractivity contribution in [2.24, 2.45) is 5.41 Å². The van der Waals surface area contributed by atoms with E-state index in [1.807, 2.05) is 0 Å². The average Bonchev–Trinajstić information content (AvgIpc) is 3.00. The van der Waals surface area contributed by atoms with Crippen LogP contribution in [0.15, 0.2) is 0 Å². The zero-order chi connectivity index (χ0) is 15.0. The Labute approximate surface area is 128 Å². The molecule has 1 aliphatic carbocycles. The van der Waals surface area contributed by atoms with E-state index >= 15 is 0 Å². The van der Waals surface area contributed by atoms with Crippen LogP contribution in [0.25, 0.3) is 0 Å². The van der Waals surface area contributed by atoms with Gasteiger partial charge in [-0.25, -0.2) is 0 Å². The van der Waals surface area contributed by atoms with Crippen LogP contribution in [0.3, 0.4) is 0 Å². The summed E-state index contributed by atoms with van der Waals surface area (Å²) < 4.78 is 5.19.